The Hall–Kier alpha value is -1.57. The fourth-order valence-corrected chi connectivity index (χ4v) is 2.51. The van der Waals surface area contributed by atoms with Gasteiger partial charge in [0.2, 0.25) is 0 Å². The second-order valence-electron chi connectivity index (χ2n) is 5.89. The number of piperidine rings is 1. The van der Waals surface area contributed by atoms with Crippen molar-refractivity contribution < 1.29 is 26.7 Å². The Bertz CT molecular complexity index is 539. The molecule has 130 valence electrons. The number of ether oxygens (including phenoxy) is 1. The molecular formula is C15H19F5N2O. The minimum Gasteiger partial charge on any atom is -0.493 e. The first-order valence-corrected chi connectivity index (χ1v) is 7.27. The quantitative estimate of drug-likeness (QED) is 0.673. The van der Waals surface area contributed by atoms with Gasteiger partial charge in [-0.05, 0) is 51.0 Å². The molecule has 1 aromatic carbocycles. The van der Waals surface area contributed by atoms with Gasteiger partial charge in [-0.3, -0.25) is 0 Å². The van der Waals surface area contributed by atoms with Crippen LogP contribution in [0.1, 0.15) is 18.4 Å². The number of anilines is 1. The number of hydrogen-bond acceptors (Lipinski definition) is 3. The van der Waals surface area contributed by atoms with Gasteiger partial charge in [0, 0.05) is 11.8 Å². The molecule has 0 atom stereocenters. The topological polar surface area (TPSA) is 38.5 Å². The lowest BCUT2D eigenvalue weighted by molar-refractivity contribution is -0.289. The highest BCUT2D eigenvalue weighted by Crippen LogP contribution is 2.47. The number of halogens is 5. The summed E-state index contributed by atoms with van der Waals surface area (Å²) < 4.78 is 70.3. The van der Waals surface area contributed by atoms with Crippen LogP contribution in [-0.4, -0.2) is 37.8 Å². The third kappa shape index (κ3) is 4.04. The molecule has 0 saturated carbocycles. The van der Waals surface area contributed by atoms with Crippen molar-refractivity contribution in [3.05, 3.63) is 23.8 Å². The van der Waals surface area contributed by atoms with Gasteiger partial charge >= 0.3 is 12.1 Å². The van der Waals surface area contributed by atoms with E-state index in [9.17, 15) is 22.0 Å². The molecule has 8 heteroatoms. The van der Waals surface area contributed by atoms with Crippen LogP contribution in [0.4, 0.5) is 27.6 Å². The lowest BCUT2D eigenvalue weighted by atomic mass is 9.98. The van der Waals surface area contributed by atoms with Crippen LogP contribution in [0.25, 0.3) is 0 Å². The fraction of sp³-hybridized carbons (Fsp3) is 0.600. The molecule has 1 aliphatic heterocycles. The lowest BCUT2D eigenvalue weighted by Crippen LogP contribution is -2.35. The summed E-state index contributed by atoms with van der Waals surface area (Å²) in [5, 5.41) is 0. The summed E-state index contributed by atoms with van der Waals surface area (Å²) in [4.78, 5) is 2.13. The summed E-state index contributed by atoms with van der Waals surface area (Å²) in [5.41, 5.74) is 4.37. The normalized spacial score (nSPS) is 18.2. The zero-order valence-electron chi connectivity index (χ0n) is 12.7. The number of alkyl halides is 5. The molecule has 0 unspecified atom stereocenters. The molecule has 3 nitrogen and oxygen atoms in total. The van der Waals surface area contributed by atoms with Crippen LogP contribution in [0, 0.1) is 5.92 Å². The monoisotopic (exact) mass is 338 g/mol. The molecule has 0 aliphatic carbocycles. The van der Waals surface area contributed by atoms with E-state index in [0.717, 1.165) is 38.1 Å². The molecule has 1 fully saturated rings. The summed E-state index contributed by atoms with van der Waals surface area (Å²) in [7, 11) is 1.97. The van der Waals surface area contributed by atoms with Crippen molar-refractivity contribution in [3.8, 4) is 5.75 Å². The van der Waals surface area contributed by atoms with E-state index in [-0.39, 0.29) is 18.2 Å². The summed E-state index contributed by atoms with van der Waals surface area (Å²) in [5.74, 6) is -5.37. The van der Waals surface area contributed by atoms with Crippen LogP contribution < -0.4 is 10.5 Å². The SMILES string of the molecule is CN1CCC(COc2cc(N)ccc2C(F)(F)C(F)(F)F)CC1. The maximum Gasteiger partial charge on any atom is 0.458 e. The first kappa shape index (κ1) is 17.8. The van der Waals surface area contributed by atoms with Gasteiger partial charge in [0.15, 0.2) is 0 Å². The van der Waals surface area contributed by atoms with E-state index in [0.29, 0.717) is 6.07 Å². The minimum absolute atomic E-state index is 0.0742. The highest BCUT2D eigenvalue weighted by Gasteiger charge is 2.60. The molecule has 23 heavy (non-hydrogen) atoms. The Labute approximate surface area is 131 Å². The molecule has 1 saturated heterocycles. The number of nitrogen functional groups attached to an aromatic ring is 1. The molecule has 1 aliphatic rings. The Morgan fingerprint density at radius 3 is 2.35 bits per heavy atom. The van der Waals surface area contributed by atoms with Gasteiger partial charge in [-0.15, -0.1) is 0 Å². The second kappa shape index (κ2) is 6.51. The molecule has 0 spiro atoms. The number of benzene rings is 1. The molecule has 0 bridgehead atoms. The third-order valence-corrected chi connectivity index (χ3v) is 4.01. The Balaban J connectivity index is 2.16. The summed E-state index contributed by atoms with van der Waals surface area (Å²) >= 11 is 0. The van der Waals surface area contributed by atoms with Crippen molar-refractivity contribution in [1.29, 1.82) is 0 Å². The maximum atomic E-state index is 13.6. The van der Waals surface area contributed by atoms with Gasteiger partial charge in [-0.25, -0.2) is 0 Å². The first-order chi connectivity index (χ1) is 10.6. The fourth-order valence-electron chi connectivity index (χ4n) is 2.51. The van der Waals surface area contributed by atoms with Crippen LogP contribution in [0.2, 0.25) is 0 Å². The third-order valence-electron chi connectivity index (χ3n) is 4.01. The zero-order valence-corrected chi connectivity index (χ0v) is 12.7. The summed E-state index contributed by atoms with van der Waals surface area (Å²) in [6.45, 7) is 1.78. The molecule has 0 aromatic heterocycles. The van der Waals surface area contributed by atoms with Crippen molar-refractivity contribution in [3.63, 3.8) is 0 Å². The van der Waals surface area contributed by atoms with E-state index >= 15 is 0 Å². The van der Waals surface area contributed by atoms with Gasteiger partial charge in [0.05, 0.1) is 12.2 Å². The van der Waals surface area contributed by atoms with E-state index in [1.807, 2.05) is 7.05 Å². The number of nitrogens with two attached hydrogens (primary N) is 1. The van der Waals surface area contributed by atoms with E-state index in [2.05, 4.69) is 4.90 Å². The van der Waals surface area contributed by atoms with E-state index < -0.39 is 23.4 Å². The van der Waals surface area contributed by atoms with E-state index in [4.69, 9.17) is 10.5 Å². The van der Waals surface area contributed by atoms with Gasteiger partial charge in [-0.1, -0.05) is 0 Å². The molecule has 1 aromatic rings. The zero-order chi connectivity index (χ0) is 17.3. The Morgan fingerprint density at radius 2 is 1.78 bits per heavy atom. The van der Waals surface area contributed by atoms with E-state index in [1.54, 1.807) is 0 Å². The van der Waals surface area contributed by atoms with Crippen molar-refractivity contribution >= 4 is 5.69 Å². The van der Waals surface area contributed by atoms with Crippen LogP contribution in [0.3, 0.4) is 0 Å². The second-order valence-corrected chi connectivity index (χ2v) is 5.89. The average molecular weight is 338 g/mol. The van der Waals surface area contributed by atoms with Crippen molar-refractivity contribution in [2.24, 2.45) is 5.92 Å². The molecule has 0 amide bonds. The molecular weight excluding hydrogens is 319 g/mol. The average Bonchev–Trinajstić information content (AvgIpc) is 2.45. The number of likely N-dealkylation sites (tertiary alicyclic amines) is 1. The van der Waals surface area contributed by atoms with Gasteiger partial charge in [-0.2, -0.15) is 22.0 Å². The predicted octanol–water partition coefficient (Wildman–Crippen LogP) is 3.64. The predicted molar refractivity (Wildman–Crippen MR) is 76.5 cm³/mol. The highest BCUT2D eigenvalue weighted by molar-refractivity contribution is 5.50. The van der Waals surface area contributed by atoms with Crippen LogP contribution in [-0.2, 0) is 5.92 Å². The maximum absolute atomic E-state index is 13.6. The van der Waals surface area contributed by atoms with Crippen molar-refractivity contribution in [2.75, 3.05) is 32.5 Å². The van der Waals surface area contributed by atoms with Gasteiger partial charge in [0.25, 0.3) is 0 Å². The van der Waals surface area contributed by atoms with Crippen LogP contribution >= 0.6 is 0 Å². The molecule has 2 rings (SSSR count). The van der Waals surface area contributed by atoms with E-state index in [1.165, 1.54) is 0 Å². The van der Waals surface area contributed by atoms with Crippen LogP contribution in [0.15, 0.2) is 18.2 Å². The lowest BCUT2D eigenvalue weighted by Gasteiger charge is -2.29. The number of hydrogen-bond donors (Lipinski definition) is 1. The number of rotatable bonds is 4. The minimum atomic E-state index is -5.69. The van der Waals surface area contributed by atoms with Crippen molar-refractivity contribution in [2.45, 2.75) is 24.9 Å². The van der Waals surface area contributed by atoms with Crippen LogP contribution in [0.5, 0.6) is 5.75 Å². The molecule has 0 radical (unpaired) electrons. The summed E-state index contributed by atoms with van der Waals surface area (Å²) in [6, 6.07) is 2.70. The molecule has 1 heterocycles. The largest absolute Gasteiger partial charge is 0.493 e. The smallest absolute Gasteiger partial charge is 0.458 e. The number of nitrogens with zero attached hydrogens (tertiary/aromatic N) is 1. The highest BCUT2D eigenvalue weighted by atomic mass is 19.4. The Kier molecular flexibility index (Phi) is 5.03. The van der Waals surface area contributed by atoms with Gasteiger partial charge in [0.1, 0.15) is 5.75 Å². The van der Waals surface area contributed by atoms with Crippen molar-refractivity contribution in [1.82, 2.24) is 4.90 Å². The first-order valence-electron chi connectivity index (χ1n) is 7.27. The summed E-state index contributed by atoms with van der Waals surface area (Å²) in [6.07, 6.45) is -4.07. The molecule has 2 N–H and O–H groups in total. The Morgan fingerprint density at radius 1 is 1.17 bits per heavy atom. The standard InChI is InChI=1S/C15H19F5N2O/c1-22-6-4-10(5-7-22)9-23-13-8-11(21)2-3-12(13)14(16,17)15(18,19)20/h2-3,8,10H,4-7,9,21H2,1H3. The van der Waals surface area contributed by atoms with Gasteiger partial charge < -0.3 is 15.4 Å².